The summed E-state index contributed by atoms with van der Waals surface area (Å²) in [6, 6.07) is 9.37. The predicted octanol–water partition coefficient (Wildman–Crippen LogP) is 1.97. The topological polar surface area (TPSA) is 128 Å². The number of nitrogens with one attached hydrogen (secondary N) is 2. The zero-order valence-electron chi connectivity index (χ0n) is 14.1. The number of halogens is 1. The number of hydrogen-bond donors (Lipinski definition) is 2. The number of methoxy groups -OCH3 is 1. The zero-order valence-corrected chi connectivity index (χ0v) is 15.7. The standard InChI is InChI=1S/C16H16ClN3O6S/c1-26-15-6-5-12(20(22)23)10-14(15)16(21)18-7-8-19-27(24,25)13-4-2-3-11(17)9-13/h2-6,9-10,19H,7-8H2,1H3,(H,18,21). The number of amides is 1. The van der Waals surface area contributed by atoms with Crippen LogP contribution in [0.3, 0.4) is 0 Å². The summed E-state index contributed by atoms with van der Waals surface area (Å²) in [5.74, 6) is -0.463. The van der Waals surface area contributed by atoms with E-state index in [1.807, 2.05) is 0 Å². The van der Waals surface area contributed by atoms with E-state index < -0.39 is 20.9 Å². The number of benzene rings is 2. The minimum Gasteiger partial charge on any atom is -0.496 e. The van der Waals surface area contributed by atoms with Gasteiger partial charge in [0.25, 0.3) is 11.6 Å². The molecule has 2 N–H and O–H groups in total. The summed E-state index contributed by atoms with van der Waals surface area (Å²) < 4.78 is 31.6. The first kappa shape index (κ1) is 20.6. The summed E-state index contributed by atoms with van der Waals surface area (Å²) in [5, 5.41) is 13.6. The molecule has 144 valence electrons. The second-order valence-corrected chi connectivity index (χ2v) is 7.46. The van der Waals surface area contributed by atoms with Crippen LogP contribution in [0.15, 0.2) is 47.4 Å². The molecule has 9 nitrogen and oxygen atoms in total. The van der Waals surface area contributed by atoms with Gasteiger partial charge in [0, 0.05) is 30.2 Å². The van der Waals surface area contributed by atoms with Gasteiger partial charge in [-0.3, -0.25) is 14.9 Å². The highest BCUT2D eigenvalue weighted by Gasteiger charge is 2.18. The molecule has 0 heterocycles. The molecule has 2 aromatic rings. The summed E-state index contributed by atoms with van der Waals surface area (Å²) in [6.07, 6.45) is 0. The molecule has 0 aliphatic rings. The highest BCUT2D eigenvalue weighted by atomic mass is 35.5. The van der Waals surface area contributed by atoms with E-state index in [-0.39, 0.29) is 40.0 Å². The molecule has 11 heteroatoms. The molecule has 0 aromatic heterocycles. The van der Waals surface area contributed by atoms with Crippen LogP contribution in [0, 0.1) is 10.1 Å². The fraction of sp³-hybridized carbons (Fsp3) is 0.188. The summed E-state index contributed by atoms with van der Waals surface area (Å²) in [7, 11) is -2.45. The van der Waals surface area contributed by atoms with Crippen molar-refractivity contribution in [1.82, 2.24) is 10.0 Å². The SMILES string of the molecule is COc1ccc([N+](=O)[O-])cc1C(=O)NCCNS(=O)(=O)c1cccc(Cl)c1. The van der Waals surface area contributed by atoms with E-state index in [9.17, 15) is 23.3 Å². The molecule has 27 heavy (non-hydrogen) atoms. The molecule has 0 aliphatic heterocycles. The first-order chi connectivity index (χ1) is 12.7. The summed E-state index contributed by atoms with van der Waals surface area (Å²) in [5.41, 5.74) is -0.285. The van der Waals surface area contributed by atoms with Crippen molar-refractivity contribution >= 4 is 33.2 Å². The van der Waals surface area contributed by atoms with Gasteiger partial charge in [-0.2, -0.15) is 0 Å². The van der Waals surface area contributed by atoms with E-state index in [0.717, 1.165) is 6.07 Å². The summed E-state index contributed by atoms with van der Waals surface area (Å²) in [4.78, 5) is 22.5. The van der Waals surface area contributed by atoms with Gasteiger partial charge in [-0.25, -0.2) is 13.1 Å². The van der Waals surface area contributed by atoms with E-state index in [2.05, 4.69) is 10.0 Å². The van der Waals surface area contributed by atoms with Crippen molar-refractivity contribution in [3.05, 3.63) is 63.2 Å². The molecule has 0 radical (unpaired) electrons. The number of non-ortho nitro benzene ring substituents is 1. The Morgan fingerprint density at radius 1 is 1.22 bits per heavy atom. The predicted molar refractivity (Wildman–Crippen MR) is 98.6 cm³/mol. The molecule has 0 aliphatic carbocycles. The normalized spacial score (nSPS) is 11.0. The van der Waals surface area contributed by atoms with Gasteiger partial charge in [0.15, 0.2) is 0 Å². The number of nitro groups is 1. The molecule has 0 unspecified atom stereocenters. The van der Waals surface area contributed by atoms with Crippen LogP contribution >= 0.6 is 11.6 Å². The number of carbonyl (C=O) groups is 1. The maximum Gasteiger partial charge on any atom is 0.270 e. The van der Waals surface area contributed by atoms with Gasteiger partial charge in [-0.15, -0.1) is 0 Å². The molecule has 1 amide bonds. The Hall–Kier alpha value is -2.69. The Kier molecular flexibility index (Phi) is 6.72. The Morgan fingerprint density at radius 2 is 1.96 bits per heavy atom. The lowest BCUT2D eigenvalue weighted by Crippen LogP contribution is -2.34. The van der Waals surface area contributed by atoms with Crippen LogP contribution in [-0.4, -0.2) is 39.4 Å². The van der Waals surface area contributed by atoms with Gasteiger partial charge in [-0.05, 0) is 24.3 Å². The second-order valence-electron chi connectivity index (χ2n) is 5.25. The molecule has 0 atom stereocenters. The maximum atomic E-state index is 12.2. The summed E-state index contributed by atoms with van der Waals surface area (Å²) in [6.45, 7) is -0.123. The van der Waals surface area contributed by atoms with Gasteiger partial charge >= 0.3 is 0 Å². The Morgan fingerprint density at radius 3 is 2.59 bits per heavy atom. The molecular weight excluding hydrogens is 398 g/mol. The van der Waals surface area contributed by atoms with E-state index in [1.165, 1.54) is 37.4 Å². The van der Waals surface area contributed by atoms with E-state index >= 15 is 0 Å². The molecule has 0 saturated carbocycles. The molecule has 2 rings (SSSR count). The second kappa shape index (κ2) is 8.80. The van der Waals surface area contributed by atoms with Crippen LogP contribution in [0.1, 0.15) is 10.4 Å². The maximum absolute atomic E-state index is 12.2. The molecule has 0 spiro atoms. The number of nitro benzene ring substituents is 1. The summed E-state index contributed by atoms with van der Waals surface area (Å²) >= 11 is 5.78. The molecular formula is C16H16ClN3O6S. The fourth-order valence-electron chi connectivity index (χ4n) is 2.16. The Balaban J connectivity index is 1.98. The van der Waals surface area contributed by atoms with Gasteiger partial charge in [0.2, 0.25) is 10.0 Å². The molecule has 0 fully saturated rings. The molecule has 2 aromatic carbocycles. The number of hydrogen-bond acceptors (Lipinski definition) is 6. The minimum absolute atomic E-state index is 0.00156. The van der Waals surface area contributed by atoms with Crippen molar-refractivity contribution < 1.29 is 22.9 Å². The van der Waals surface area contributed by atoms with Crippen molar-refractivity contribution in [2.24, 2.45) is 0 Å². The highest BCUT2D eigenvalue weighted by molar-refractivity contribution is 7.89. The van der Waals surface area contributed by atoms with E-state index in [0.29, 0.717) is 0 Å². The number of rotatable bonds is 8. The number of sulfonamides is 1. The smallest absolute Gasteiger partial charge is 0.270 e. The van der Waals surface area contributed by atoms with Crippen molar-refractivity contribution in [2.75, 3.05) is 20.2 Å². The fourth-order valence-corrected chi connectivity index (χ4v) is 3.49. The molecule has 0 saturated heterocycles. The average molecular weight is 414 g/mol. The van der Waals surface area contributed by atoms with Crippen LogP contribution in [-0.2, 0) is 10.0 Å². The van der Waals surface area contributed by atoms with Gasteiger partial charge in [0.05, 0.1) is 22.5 Å². The molecule has 0 bridgehead atoms. The average Bonchev–Trinajstić information content (AvgIpc) is 2.64. The third-order valence-corrected chi connectivity index (χ3v) is 5.14. The van der Waals surface area contributed by atoms with Crippen LogP contribution in [0.25, 0.3) is 0 Å². The van der Waals surface area contributed by atoms with Gasteiger partial charge in [0.1, 0.15) is 5.75 Å². The van der Waals surface area contributed by atoms with Crippen molar-refractivity contribution in [3.8, 4) is 5.75 Å². The van der Waals surface area contributed by atoms with Crippen molar-refractivity contribution in [3.63, 3.8) is 0 Å². The Labute approximate surface area is 160 Å². The van der Waals surface area contributed by atoms with E-state index in [1.54, 1.807) is 6.07 Å². The van der Waals surface area contributed by atoms with Crippen LogP contribution in [0.5, 0.6) is 5.75 Å². The van der Waals surface area contributed by atoms with Crippen LogP contribution < -0.4 is 14.8 Å². The van der Waals surface area contributed by atoms with Gasteiger partial charge < -0.3 is 10.1 Å². The Bertz CT molecular complexity index is 964. The lowest BCUT2D eigenvalue weighted by molar-refractivity contribution is -0.384. The minimum atomic E-state index is -3.78. The first-order valence-electron chi connectivity index (χ1n) is 7.60. The van der Waals surface area contributed by atoms with Crippen LogP contribution in [0.4, 0.5) is 5.69 Å². The van der Waals surface area contributed by atoms with E-state index in [4.69, 9.17) is 16.3 Å². The number of carbonyl (C=O) groups excluding carboxylic acids is 1. The number of nitrogens with zero attached hydrogens (tertiary/aromatic N) is 1. The highest BCUT2D eigenvalue weighted by Crippen LogP contribution is 2.23. The lowest BCUT2D eigenvalue weighted by atomic mass is 10.1. The third kappa shape index (κ3) is 5.39. The number of ether oxygens (including phenoxy) is 1. The third-order valence-electron chi connectivity index (χ3n) is 3.45. The monoisotopic (exact) mass is 413 g/mol. The first-order valence-corrected chi connectivity index (χ1v) is 9.46. The van der Waals surface area contributed by atoms with Gasteiger partial charge in [-0.1, -0.05) is 17.7 Å². The quantitative estimate of drug-likeness (QED) is 0.387. The van der Waals surface area contributed by atoms with Crippen LogP contribution in [0.2, 0.25) is 5.02 Å². The zero-order chi connectivity index (χ0) is 20.0. The van der Waals surface area contributed by atoms with Crippen molar-refractivity contribution in [2.45, 2.75) is 4.90 Å². The van der Waals surface area contributed by atoms with Crippen molar-refractivity contribution in [1.29, 1.82) is 0 Å². The lowest BCUT2D eigenvalue weighted by Gasteiger charge is -2.10. The largest absolute Gasteiger partial charge is 0.496 e.